The second-order valence-corrected chi connectivity index (χ2v) is 6.11. The minimum atomic E-state index is 0.0150. The Kier molecular flexibility index (Phi) is 3.88. The maximum Gasteiger partial charge on any atom is 0.224 e. The van der Waals surface area contributed by atoms with Crippen molar-refractivity contribution in [1.29, 1.82) is 5.41 Å². The molecular formula is C15H18N4OS. The van der Waals surface area contributed by atoms with Crippen molar-refractivity contribution in [2.75, 3.05) is 6.61 Å². The van der Waals surface area contributed by atoms with Gasteiger partial charge in [0.05, 0.1) is 23.4 Å². The predicted molar refractivity (Wildman–Crippen MR) is 83.3 cm³/mol. The van der Waals surface area contributed by atoms with E-state index in [0.717, 1.165) is 37.1 Å². The van der Waals surface area contributed by atoms with E-state index in [-0.39, 0.29) is 5.84 Å². The molecule has 1 aliphatic carbocycles. The van der Waals surface area contributed by atoms with Gasteiger partial charge in [0.15, 0.2) is 0 Å². The van der Waals surface area contributed by atoms with E-state index in [4.69, 9.17) is 15.9 Å². The van der Waals surface area contributed by atoms with Gasteiger partial charge >= 0.3 is 0 Å². The quantitative estimate of drug-likeness (QED) is 0.655. The number of amidine groups is 1. The summed E-state index contributed by atoms with van der Waals surface area (Å²) in [6.45, 7) is 2.52. The standard InChI is InChI=1S/C15H18N4OS/c1-9-13(21-8-18-9)5-6-20-15-11(14(16)17)7-10-3-2-4-12(10)19-15/h7-8H,2-6H2,1H3,(H3,16,17). The van der Waals surface area contributed by atoms with Gasteiger partial charge in [-0.2, -0.15) is 0 Å². The zero-order valence-electron chi connectivity index (χ0n) is 12.0. The van der Waals surface area contributed by atoms with Crippen LogP contribution >= 0.6 is 11.3 Å². The number of pyridine rings is 1. The second kappa shape index (κ2) is 5.81. The number of nitrogens with zero attached hydrogens (tertiary/aromatic N) is 2. The van der Waals surface area contributed by atoms with Crippen molar-refractivity contribution in [2.45, 2.75) is 32.6 Å². The molecule has 1 aliphatic rings. The van der Waals surface area contributed by atoms with Crippen molar-refractivity contribution in [2.24, 2.45) is 5.73 Å². The molecule has 3 rings (SSSR count). The molecule has 0 bridgehead atoms. The van der Waals surface area contributed by atoms with Crippen LogP contribution in [0.5, 0.6) is 5.88 Å². The highest BCUT2D eigenvalue weighted by molar-refractivity contribution is 7.09. The zero-order valence-corrected chi connectivity index (χ0v) is 12.8. The van der Waals surface area contributed by atoms with Crippen molar-refractivity contribution in [1.82, 2.24) is 9.97 Å². The van der Waals surface area contributed by atoms with Crippen LogP contribution in [-0.4, -0.2) is 22.4 Å². The van der Waals surface area contributed by atoms with Crippen LogP contribution in [0.15, 0.2) is 11.6 Å². The molecule has 0 saturated heterocycles. The Morgan fingerprint density at radius 3 is 3.05 bits per heavy atom. The van der Waals surface area contributed by atoms with E-state index < -0.39 is 0 Å². The fourth-order valence-electron chi connectivity index (χ4n) is 2.56. The highest BCUT2D eigenvalue weighted by atomic mass is 32.1. The Morgan fingerprint density at radius 2 is 2.33 bits per heavy atom. The molecule has 2 heterocycles. The zero-order chi connectivity index (χ0) is 14.8. The van der Waals surface area contributed by atoms with Crippen LogP contribution in [-0.2, 0) is 19.3 Å². The van der Waals surface area contributed by atoms with Crippen LogP contribution in [0.1, 0.15) is 33.8 Å². The van der Waals surface area contributed by atoms with Crippen LogP contribution in [0.4, 0.5) is 0 Å². The Labute approximate surface area is 127 Å². The molecule has 2 aromatic rings. The second-order valence-electron chi connectivity index (χ2n) is 5.17. The highest BCUT2D eigenvalue weighted by Crippen LogP contribution is 2.26. The van der Waals surface area contributed by atoms with E-state index in [1.54, 1.807) is 11.3 Å². The summed E-state index contributed by atoms with van der Waals surface area (Å²) >= 11 is 1.64. The molecule has 6 heteroatoms. The molecular weight excluding hydrogens is 284 g/mol. The van der Waals surface area contributed by atoms with Crippen molar-refractivity contribution in [3.8, 4) is 5.88 Å². The molecule has 5 nitrogen and oxygen atoms in total. The third kappa shape index (κ3) is 2.90. The molecule has 3 N–H and O–H groups in total. The smallest absolute Gasteiger partial charge is 0.224 e. The summed E-state index contributed by atoms with van der Waals surface area (Å²) in [6, 6.07) is 1.96. The summed E-state index contributed by atoms with van der Waals surface area (Å²) in [7, 11) is 0. The molecule has 2 aromatic heterocycles. The van der Waals surface area contributed by atoms with E-state index in [1.807, 2.05) is 18.5 Å². The Morgan fingerprint density at radius 1 is 1.48 bits per heavy atom. The van der Waals surface area contributed by atoms with E-state index >= 15 is 0 Å². The molecule has 110 valence electrons. The minimum absolute atomic E-state index is 0.0150. The normalized spacial score (nSPS) is 13.2. The number of hydrogen-bond donors (Lipinski definition) is 2. The third-order valence-corrected chi connectivity index (χ3v) is 4.71. The lowest BCUT2D eigenvalue weighted by molar-refractivity contribution is 0.308. The number of nitrogens with two attached hydrogens (primary N) is 1. The Balaban J connectivity index is 1.75. The number of aromatic nitrogens is 2. The number of fused-ring (bicyclic) bond motifs is 1. The summed E-state index contributed by atoms with van der Waals surface area (Å²) in [5.41, 5.74) is 11.4. The topological polar surface area (TPSA) is 84.9 Å². The van der Waals surface area contributed by atoms with Gasteiger partial charge in [-0.1, -0.05) is 0 Å². The van der Waals surface area contributed by atoms with Gasteiger partial charge in [0.1, 0.15) is 5.84 Å². The number of nitrogen functional groups attached to an aromatic ring is 1. The van der Waals surface area contributed by atoms with Gasteiger partial charge in [-0.05, 0) is 37.8 Å². The number of thiazole rings is 1. The molecule has 0 radical (unpaired) electrons. The fraction of sp³-hybridized carbons (Fsp3) is 0.400. The first-order valence-corrected chi connectivity index (χ1v) is 7.92. The van der Waals surface area contributed by atoms with Crippen molar-refractivity contribution >= 4 is 17.2 Å². The molecule has 0 amide bonds. The van der Waals surface area contributed by atoms with Gasteiger partial charge in [0.2, 0.25) is 5.88 Å². The highest BCUT2D eigenvalue weighted by Gasteiger charge is 2.18. The van der Waals surface area contributed by atoms with E-state index in [1.165, 1.54) is 10.4 Å². The SMILES string of the molecule is Cc1ncsc1CCOc1nc2c(cc1C(=N)N)CCC2. The average molecular weight is 302 g/mol. The van der Waals surface area contributed by atoms with Gasteiger partial charge in [-0.15, -0.1) is 11.3 Å². The number of aryl methyl sites for hydroxylation is 3. The summed E-state index contributed by atoms with van der Waals surface area (Å²) < 4.78 is 5.80. The maximum atomic E-state index is 7.70. The van der Waals surface area contributed by atoms with Crippen molar-refractivity contribution in [3.63, 3.8) is 0 Å². The summed E-state index contributed by atoms with van der Waals surface area (Å²) in [6.07, 6.45) is 3.91. The van der Waals surface area contributed by atoms with Gasteiger partial charge in [0.25, 0.3) is 0 Å². The molecule has 0 saturated carbocycles. The third-order valence-electron chi connectivity index (χ3n) is 3.72. The van der Waals surface area contributed by atoms with Crippen LogP contribution in [0.3, 0.4) is 0 Å². The molecule has 21 heavy (non-hydrogen) atoms. The Bertz CT molecular complexity index is 680. The lowest BCUT2D eigenvalue weighted by Gasteiger charge is -2.11. The number of hydrogen-bond acceptors (Lipinski definition) is 5. The number of rotatable bonds is 5. The molecule has 0 fully saturated rings. The summed E-state index contributed by atoms with van der Waals surface area (Å²) in [4.78, 5) is 10.0. The average Bonchev–Trinajstić information content (AvgIpc) is 3.06. The largest absolute Gasteiger partial charge is 0.477 e. The van der Waals surface area contributed by atoms with Crippen molar-refractivity contribution in [3.05, 3.63) is 39.0 Å². The van der Waals surface area contributed by atoms with Crippen molar-refractivity contribution < 1.29 is 4.74 Å². The molecule has 0 unspecified atom stereocenters. The predicted octanol–water partition coefficient (Wildman–Crippen LogP) is 2.24. The van der Waals surface area contributed by atoms with E-state index in [2.05, 4.69) is 9.97 Å². The number of ether oxygens (including phenoxy) is 1. The molecule has 0 aromatic carbocycles. The van der Waals surface area contributed by atoms with E-state index in [9.17, 15) is 0 Å². The van der Waals surface area contributed by atoms with Gasteiger partial charge in [-0.25, -0.2) is 9.97 Å². The fourth-order valence-corrected chi connectivity index (χ4v) is 3.33. The maximum absolute atomic E-state index is 7.70. The van der Waals surface area contributed by atoms with Crippen LogP contribution < -0.4 is 10.5 Å². The van der Waals surface area contributed by atoms with Gasteiger partial charge in [0, 0.05) is 17.0 Å². The van der Waals surface area contributed by atoms with Gasteiger partial charge < -0.3 is 10.5 Å². The summed E-state index contributed by atoms with van der Waals surface area (Å²) in [5, 5.41) is 7.70. The number of nitrogens with one attached hydrogen (secondary N) is 1. The molecule has 0 atom stereocenters. The monoisotopic (exact) mass is 302 g/mol. The lowest BCUT2D eigenvalue weighted by Crippen LogP contribution is -2.16. The first kappa shape index (κ1) is 14.0. The Hall–Kier alpha value is -1.95. The minimum Gasteiger partial charge on any atom is -0.477 e. The first-order valence-electron chi connectivity index (χ1n) is 7.04. The summed E-state index contributed by atoms with van der Waals surface area (Å²) in [5.74, 6) is 0.506. The molecule has 0 spiro atoms. The first-order chi connectivity index (χ1) is 10.1. The van der Waals surface area contributed by atoms with E-state index in [0.29, 0.717) is 18.1 Å². The van der Waals surface area contributed by atoms with Crippen LogP contribution in [0, 0.1) is 12.3 Å². The van der Waals surface area contributed by atoms with Crippen LogP contribution in [0.2, 0.25) is 0 Å². The van der Waals surface area contributed by atoms with Crippen LogP contribution in [0.25, 0.3) is 0 Å². The molecule has 0 aliphatic heterocycles. The lowest BCUT2D eigenvalue weighted by atomic mass is 10.1. The van der Waals surface area contributed by atoms with Gasteiger partial charge in [-0.3, -0.25) is 5.41 Å².